The molecule has 2 aromatic rings. The van der Waals surface area contributed by atoms with Gasteiger partial charge in [-0.3, -0.25) is 4.79 Å². The van der Waals surface area contributed by atoms with Crippen molar-refractivity contribution in [1.29, 1.82) is 0 Å². The van der Waals surface area contributed by atoms with Gasteiger partial charge in [-0.05, 0) is 31.3 Å². The first kappa shape index (κ1) is 22.0. The Balaban J connectivity index is 2.18. The van der Waals surface area contributed by atoms with Crippen molar-refractivity contribution in [3.63, 3.8) is 0 Å². The van der Waals surface area contributed by atoms with Crippen LogP contribution < -0.4 is 5.32 Å². The van der Waals surface area contributed by atoms with E-state index in [2.05, 4.69) is 10.4 Å². The first-order chi connectivity index (χ1) is 13.7. The van der Waals surface area contributed by atoms with Crippen LogP contribution in [0.15, 0.2) is 6.07 Å². The number of hydrogen-bond donors (Lipinski definition) is 1. The van der Waals surface area contributed by atoms with Gasteiger partial charge in [0.1, 0.15) is 9.88 Å². The third-order valence-electron chi connectivity index (χ3n) is 3.96. The summed E-state index contributed by atoms with van der Waals surface area (Å²) in [5.74, 6) is -2.04. The minimum Gasteiger partial charge on any atom is -0.465 e. The third-order valence-corrected chi connectivity index (χ3v) is 5.14. The first-order valence-electron chi connectivity index (χ1n) is 8.57. The molecular weight excluding hydrogens is 404 g/mol. The lowest BCUT2D eigenvalue weighted by Gasteiger charge is -2.06. The summed E-state index contributed by atoms with van der Waals surface area (Å²) in [7, 11) is 1.20. The lowest BCUT2D eigenvalue weighted by Crippen LogP contribution is -2.17. The number of methoxy groups -OCH3 is 1. The number of esters is 2. The number of ether oxygens (including phenoxy) is 2. The molecule has 0 aliphatic heterocycles. The molecule has 0 aromatic carbocycles. The highest BCUT2D eigenvalue weighted by atomic mass is 32.1. The summed E-state index contributed by atoms with van der Waals surface area (Å²) >= 11 is 0.920. The quantitative estimate of drug-likeness (QED) is 0.387. The molecule has 1 N–H and O–H groups in total. The molecule has 156 valence electrons. The zero-order chi connectivity index (χ0) is 21.7. The van der Waals surface area contributed by atoms with Gasteiger partial charge >= 0.3 is 17.8 Å². The van der Waals surface area contributed by atoms with E-state index in [0.29, 0.717) is 11.3 Å². The smallest absolute Gasteiger partial charge is 0.390 e. The topological polar surface area (TPSA) is 143 Å². The second-order valence-corrected chi connectivity index (χ2v) is 6.92. The molecule has 12 heteroatoms. The fraction of sp³-hybridized carbons (Fsp3) is 0.412. The molecule has 0 radical (unpaired) electrons. The molecule has 11 nitrogen and oxygen atoms in total. The molecule has 1 amide bonds. The molecule has 0 fully saturated rings. The van der Waals surface area contributed by atoms with Gasteiger partial charge in [0.25, 0.3) is 0 Å². The molecule has 0 aliphatic carbocycles. The molecule has 0 bridgehead atoms. The van der Waals surface area contributed by atoms with Crippen LogP contribution in [0.25, 0.3) is 0 Å². The number of carbonyl (C=O) groups is 3. The zero-order valence-electron chi connectivity index (χ0n) is 16.3. The standard InChI is InChI=1S/C17H20N4O7S/c1-5-28-17(24)14-10(3)13(16(23)27-4)15(29-14)18-12(22)6-7-20-9(2)8-11(19-20)21(25)26/h8H,5-7H2,1-4H3,(H,18,22). The summed E-state index contributed by atoms with van der Waals surface area (Å²) in [4.78, 5) is 46.9. The van der Waals surface area contributed by atoms with Gasteiger partial charge in [0, 0.05) is 6.42 Å². The number of nitrogens with zero attached hydrogens (tertiary/aromatic N) is 3. The van der Waals surface area contributed by atoms with E-state index < -0.39 is 22.8 Å². The van der Waals surface area contributed by atoms with Crippen molar-refractivity contribution in [3.05, 3.63) is 37.9 Å². The van der Waals surface area contributed by atoms with Crippen molar-refractivity contribution in [3.8, 4) is 0 Å². The van der Waals surface area contributed by atoms with Crippen molar-refractivity contribution in [1.82, 2.24) is 9.78 Å². The van der Waals surface area contributed by atoms with Crippen LogP contribution in [0.4, 0.5) is 10.8 Å². The Hall–Kier alpha value is -3.28. The third kappa shape index (κ3) is 4.96. The van der Waals surface area contributed by atoms with Crippen molar-refractivity contribution in [2.24, 2.45) is 0 Å². The van der Waals surface area contributed by atoms with Crippen molar-refractivity contribution in [2.45, 2.75) is 33.7 Å². The number of aromatic nitrogens is 2. The van der Waals surface area contributed by atoms with Crippen LogP contribution in [-0.2, 0) is 20.8 Å². The maximum Gasteiger partial charge on any atom is 0.390 e. The Morgan fingerprint density at radius 2 is 2.00 bits per heavy atom. The van der Waals surface area contributed by atoms with E-state index in [1.807, 2.05) is 0 Å². The van der Waals surface area contributed by atoms with Gasteiger partial charge in [-0.1, -0.05) is 0 Å². The second-order valence-electron chi connectivity index (χ2n) is 5.89. The van der Waals surface area contributed by atoms with Crippen molar-refractivity contribution in [2.75, 3.05) is 19.0 Å². The van der Waals surface area contributed by atoms with Gasteiger partial charge < -0.3 is 24.9 Å². The largest absolute Gasteiger partial charge is 0.465 e. The number of nitro groups is 1. The SMILES string of the molecule is CCOC(=O)c1sc(NC(=O)CCn2nc([N+](=O)[O-])cc2C)c(C(=O)OC)c1C. The summed E-state index contributed by atoms with van der Waals surface area (Å²) in [5, 5.41) is 17.4. The predicted octanol–water partition coefficient (Wildman–Crippen LogP) is 2.46. The zero-order valence-corrected chi connectivity index (χ0v) is 17.1. The van der Waals surface area contributed by atoms with Crippen LogP contribution >= 0.6 is 11.3 Å². The highest BCUT2D eigenvalue weighted by Crippen LogP contribution is 2.34. The second kappa shape index (κ2) is 9.28. The molecule has 0 atom stereocenters. The van der Waals surface area contributed by atoms with Gasteiger partial charge in [-0.2, -0.15) is 4.68 Å². The molecule has 2 rings (SSSR count). The van der Waals surface area contributed by atoms with E-state index in [9.17, 15) is 24.5 Å². The monoisotopic (exact) mass is 424 g/mol. The first-order valence-corrected chi connectivity index (χ1v) is 9.38. The van der Waals surface area contributed by atoms with Gasteiger partial charge in [-0.25, -0.2) is 9.59 Å². The Morgan fingerprint density at radius 3 is 2.55 bits per heavy atom. The maximum absolute atomic E-state index is 12.4. The molecule has 2 aromatic heterocycles. The van der Waals surface area contributed by atoms with E-state index in [-0.39, 0.29) is 40.8 Å². The predicted molar refractivity (Wildman–Crippen MR) is 103 cm³/mol. The molecule has 29 heavy (non-hydrogen) atoms. The van der Waals surface area contributed by atoms with Crippen molar-refractivity contribution < 1.29 is 28.8 Å². The lowest BCUT2D eigenvalue weighted by molar-refractivity contribution is -0.389. The number of rotatable bonds is 8. The Morgan fingerprint density at radius 1 is 1.31 bits per heavy atom. The summed E-state index contributed by atoms with van der Waals surface area (Å²) in [6.45, 7) is 5.14. The number of carbonyl (C=O) groups excluding carboxylic acids is 3. The Kier molecular flexibility index (Phi) is 7.04. The van der Waals surface area contributed by atoms with Gasteiger partial charge in [-0.15, -0.1) is 11.3 Å². The van der Waals surface area contributed by atoms with Crippen LogP contribution in [0.3, 0.4) is 0 Å². The van der Waals surface area contributed by atoms with Gasteiger partial charge in [0.15, 0.2) is 0 Å². The maximum atomic E-state index is 12.4. The van der Waals surface area contributed by atoms with E-state index in [1.54, 1.807) is 20.8 Å². The minimum atomic E-state index is -0.692. The number of amides is 1. The molecular formula is C17H20N4O7S. The van der Waals surface area contributed by atoms with Crippen LogP contribution in [-0.4, -0.2) is 46.3 Å². The molecule has 0 aliphatic rings. The molecule has 0 unspecified atom stereocenters. The summed E-state index contributed by atoms with van der Waals surface area (Å²) in [6, 6.07) is 1.31. The number of hydrogen-bond acceptors (Lipinski definition) is 9. The van der Waals surface area contributed by atoms with Gasteiger partial charge in [0.05, 0.1) is 42.7 Å². The lowest BCUT2D eigenvalue weighted by atomic mass is 10.1. The summed E-state index contributed by atoms with van der Waals surface area (Å²) < 4.78 is 11.1. The van der Waals surface area contributed by atoms with E-state index >= 15 is 0 Å². The minimum absolute atomic E-state index is 0.0496. The summed E-state index contributed by atoms with van der Waals surface area (Å²) in [6.07, 6.45) is -0.0496. The number of thiophene rings is 1. The Labute approximate surface area is 169 Å². The fourth-order valence-corrected chi connectivity index (χ4v) is 3.65. The number of nitrogens with one attached hydrogen (secondary N) is 1. The fourth-order valence-electron chi connectivity index (χ4n) is 2.55. The van der Waals surface area contributed by atoms with Gasteiger partial charge in [0.2, 0.25) is 5.91 Å². The van der Waals surface area contributed by atoms with Crippen LogP contribution in [0.2, 0.25) is 0 Å². The van der Waals surface area contributed by atoms with Crippen molar-refractivity contribution >= 4 is 40.0 Å². The highest BCUT2D eigenvalue weighted by molar-refractivity contribution is 7.18. The van der Waals surface area contributed by atoms with Crippen LogP contribution in [0.5, 0.6) is 0 Å². The van der Waals surface area contributed by atoms with Crippen LogP contribution in [0, 0.1) is 24.0 Å². The van der Waals surface area contributed by atoms with E-state index in [0.717, 1.165) is 11.3 Å². The number of aryl methyl sites for hydroxylation is 2. The molecule has 0 saturated carbocycles. The van der Waals surface area contributed by atoms with E-state index in [1.165, 1.54) is 17.9 Å². The normalized spacial score (nSPS) is 10.5. The Bertz CT molecular complexity index is 963. The average molecular weight is 424 g/mol. The van der Waals surface area contributed by atoms with E-state index in [4.69, 9.17) is 9.47 Å². The molecule has 2 heterocycles. The van der Waals surface area contributed by atoms with Crippen LogP contribution in [0.1, 0.15) is 44.6 Å². The number of anilines is 1. The average Bonchev–Trinajstić information content (AvgIpc) is 3.19. The molecule has 0 saturated heterocycles. The molecule has 0 spiro atoms. The summed E-state index contributed by atoms with van der Waals surface area (Å²) in [5.41, 5.74) is 0.977. The highest BCUT2D eigenvalue weighted by Gasteiger charge is 2.27.